The maximum absolute atomic E-state index is 10.4. The van der Waals surface area contributed by atoms with Crippen molar-refractivity contribution in [3.63, 3.8) is 0 Å². The summed E-state index contributed by atoms with van der Waals surface area (Å²) in [5, 5.41) is 16.6. The van der Waals surface area contributed by atoms with E-state index in [4.69, 9.17) is 0 Å². The summed E-state index contributed by atoms with van der Waals surface area (Å²) in [6.07, 6.45) is 5.22. The minimum atomic E-state index is -0.573. The fourth-order valence-electron chi connectivity index (χ4n) is 2.43. The molecule has 2 rings (SSSR count). The molecule has 0 radical (unpaired) electrons. The fourth-order valence-corrected chi connectivity index (χ4v) is 2.43. The highest BCUT2D eigenvalue weighted by molar-refractivity contribution is 5.47. The summed E-state index contributed by atoms with van der Waals surface area (Å²) >= 11 is 0. The second-order valence-electron chi connectivity index (χ2n) is 5.07. The molecule has 3 N–H and O–H groups in total. The number of aromatic nitrogens is 2. The lowest BCUT2D eigenvalue weighted by molar-refractivity contribution is 0.0166. The van der Waals surface area contributed by atoms with Crippen molar-refractivity contribution >= 4 is 11.6 Å². The van der Waals surface area contributed by atoms with E-state index in [0.717, 1.165) is 43.1 Å². The van der Waals surface area contributed by atoms with Gasteiger partial charge in [-0.15, -0.1) is 0 Å². The molecule has 1 heterocycles. The van der Waals surface area contributed by atoms with Crippen LogP contribution in [0.15, 0.2) is 6.07 Å². The van der Waals surface area contributed by atoms with Gasteiger partial charge in [-0.25, -0.2) is 9.97 Å². The lowest BCUT2D eigenvalue weighted by atomic mass is 9.85. The van der Waals surface area contributed by atoms with Gasteiger partial charge in [0.05, 0.1) is 5.60 Å². The molecule has 0 atom stereocenters. The average molecular weight is 250 g/mol. The van der Waals surface area contributed by atoms with Crippen LogP contribution < -0.4 is 10.6 Å². The maximum Gasteiger partial charge on any atom is 0.131 e. The average Bonchev–Trinajstić information content (AvgIpc) is 2.37. The first-order chi connectivity index (χ1) is 8.61. The first-order valence-corrected chi connectivity index (χ1v) is 6.61. The highest BCUT2D eigenvalue weighted by Gasteiger charge is 2.28. The van der Waals surface area contributed by atoms with E-state index in [1.807, 2.05) is 20.0 Å². The first-order valence-electron chi connectivity index (χ1n) is 6.61. The number of nitrogens with zero attached hydrogens (tertiary/aromatic N) is 2. The van der Waals surface area contributed by atoms with Gasteiger partial charge in [0.15, 0.2) is 0 Å². The third-order valence-corrected chi connectivity index (χ3v) is 3.48. The van der Waals surface area contributed by atoms with Crippen molar-refractivity contribution in [1.29, 1.82) is 0 Å². The summed E-state index contributed by atoms with van der Waals surface area (Å²) in [5.41, 5.74) is -0.573. The van der Waals surface area contributed by atoms with Crippen LogP contribution in [0.3, 0.4) is 0 Å². The number of aryl methyl sites for hydroxylation is 1. The van der Waals surface area contributed by atoms with E-state index in [2.05, 4.69) is 20.6 Å². The normalized spacial score (nSPS) is 18.4. The van der Waals surface area contributed by atoms with Gasteiger partial charge in [0.1, 0.15) is 17.5 Å². The van der Waals surface area contributed by atoms with Gasteiger partial charge in [-0.2, -0.15) is 0 Å². The molecule has 0 amide bonds. The van der Waals surface area contributed by atoms with Crippen molar-refractivity contribution in [2.45, 2.75) is 44.6 Å². The molecule has 18 heavy (non-hydrogen) atoms. The van der Waals surface area contributed by atoms with Gasteiger partial charge in [-0.3, -0.25) is 0 Å². The van der Waals surface area contributed by atoms with E-state index < -0.39 is 5.60 Å². The number of rotatable bonds is 4. The van der Waals surface area contributed by atoms with Crippen LogP contribution in [0.4, 0.5) is 11.6 Å². The second-order valence-corrected chi connectivity index (χ2v) is 5.07. The molecule has 1 aliphatic carbocycles. The predicted octanol–water partition coefficient (Wildman–Crippen LogP) is 1.93. The van der Waals surface area contributed by atoms with Crippen LogP contribution in [0, 0.1) is 6.92 Å². The Morgan fingerprint density at radius 1 is 1.22 bits per heavy atom. The zero-order valence-electron chi connectivity index (χ0n) is 11.2. The van der Waals surface area contributed by atoms with Crippen LogP contribution in [-0.4, -0.2) is 34.3 Å². The Morgan fingerprint density at radius 2 is 1.89 bits per heavy atom. The Bertz CT molecular complexity index is 402. The van der Waals surface area contributed by atoms with Gasteiger partial charge in [0.25, 0.3) is 0 Å². The van der Waals surface area contributed by atoms with E-state index in [0.29, 0.717) is 6.54 Å². The van der Waals surface area contributed by atoms with Crippen LogP contribution in [0.1, 0.15) is 37.9 Å². The van der Waals surface area contributed by atoms with Crippen LogP contribution in [0.25, 0.3) is 0 Å². The monoisotopic (exact) mass is 250 g/mol. The molecule has 1 aromatic heterocycles. The Labute approximate surface area is 108 Å². The molecule has 1 aromatic rings. The summed E-state index contributed by atoms with van der Waals surface area (Å²) in [6, 6.07) is 1.86. The zero-order valence-corrected chi connectivity index (χ0v) is 11.2. The molecule has 0 spiro atoms. The topological polar surface area (TPSA) is 70.1 Å². The van der Waals surface area contributed by atoms with Gasteiger partial charge < -0.3 is 15.7 Å². The van der Waals surface area contributed by atoms with Crippen molar-refractivity contribution in [1.82, 2.24) is 9.97 Å². The number of hydrogen-bond donors (Lipinski definition) is 3. The lowest BCUT2D eigenvalue weighted by Crippen LogP contribution is -2.39. The fraction of sp³-hybridized carbons (Fsp3) is 0.692. The van der Waals surface area contributed by atoms with Gasteiger partial charge >= 0.3 is 0 Å². The van der Waals surface area contributed by atoms with Gasteiger partial charge in [-0.05, 0) is 19.8 Å². The van der Waals surface area contributed by atoms with Crippen molar-refractivity contribution in [3.8, 4) is 0 Å². The van der Waals surface area contributed by atoms with E-state index in [1.165, 1.54) is 6.42 Å². The van der Waals surface area contributed by atoms with E-state index in [1.54, 1.807) is 0 Å². The lowest BCUT2D eigenvalue weighted by Gasteiger charge is -2.32. The largest absolute Gasteiger partial charge is 0.388 e. The molecule has 0 bridgehead atoms. The van der Waals surface area contributed by atoms with Crippen LogP contribution >= 0.6 is 0 Å². The molecule has 100 valence electrons. The van der Waals surface area contributed by atoms with E-state index >= 15 is 0 Å². The minimum absolute atomic E-state index is 0.562. The van der Waals surface area contributed by atoms with Gasteiger partial charge in [0, 0.05) is 19.7 Å². The smallest absolute Gasteiger partial charge is 0.131 e. The SMILES string of the molecule is CNc1cc(NCC2(O)CCCCC2)nc(C)n1. The minimum Gasteiger partial charge on any atom is -0.388 e. The van der Waals surface area contributed by atoms with E-state index in [-0.39, 0.29) is 0 Å². The summed E-state index contributed by atoms with van der Waals surface area (Å²) < 4.78 is 0. The first kappa shape index (κ1) is 13.1. The molecule has 1 saturated carbocycles. The number of nitrogens with one attached hydrogen (secondary N) is 2. The maximum atomic E-state index is 10.4. The molecular weight excluding hydrogens is 228 g/mol. The molecule has 0 unspecified atom stereocenters. The molecule has 5 nitrogen and oxygen atoms in total. The highest BCUT2D eigenvalue weighted by atomic mass is 16.3. The standard InChI is InChI=1S/C13H22N4O/c1-10-16-11(14-2)8-12(17-10)15-9-13(18)6-4-3-5-7-13/h8,18H,3-7,9H2,1-2H3,(H2,14,15,16,17). The molecular formula is C13H22N4O. The summed E-state index contributed by atoms with van der Waals surface area (Å²) in [4.78, 5) is 8.56. The Morgan fingerprint density at radius 3 is 2.56 bits per heavy atom. The molecule has 5 heteroatoms. The third kappa shape index (κ3) is 3.32. The highest BCUT2D eigenvalue weighted by Crippen LogP contribution is 2.28. The van der Waals surface area contributed by atoms with Crippen molar-refractivity contribution in [2.75, 3.05) is 24.2 Å². The zero-order chi connectivity index (χ0) is 13.0. The van der Waals surface area contributed by atoms with Crippen molar-refractivity contribution in [2.24, 2.45) is 0 Å². The summed E-state index contributed by atoms with van der Waals surface area (Å²) in [6.45, 7) is 2.42. The van der Waals surface area contributed by atoms with Crippen LogP contribution in [-0.2, 0) is 0 Å². The third-order valence-electron chi connectivity index (χ3n) is 3.48. The number of aliphatic hydroxyl groups is 1. The van der Waals surface area contributed by atoms with Crippen LogP contribution in [0.2, 0.25) is 0 Å². The van der Waals surface area contributed by atoms with Crippen molar-refractivity contribution in [3.05, 3.63) is 11.9 Å². The molecule has 0 saturated heterocycles. The Hall–Kier alpha value is -1.36. The second kappa shape index (κ2) is 5.52. The summed E-state index contributed by atoms with van der Waals surface area (Å²) in [5.74, 6) is 2.28. The molecule has 1 aliphatic rings. The van der Waals surface area contributed by atoms with E-state index in [9.17, 15) is 5.11 Å². The summed E-state index contributed by atoms with van der Waals surface area (Å²) in [7, 11) is 1.83. The Balaban J connectivity index is 1.98. The molecule has 1 fully saturated rings. The number of hydrogen-bond acceptors (Lipinski definition) is 5. The molecule has 0 aromatic carbocycles. The Kier molecular flexibility index (Phi) is 4.01. The number of anilines is 2. The predicted molar refractivity (Wildman–Crippen MR) is 72.8 cm³/mol. The molecule has 0 aliphatic heterocycles. The van der Waals surface area contributed by atoms with Gasteiger partial charge in [0.2, 0.25) is 0 Å². The quantitative estimate of drug-likeness (QED) is 0.761. The van der Waals surface area contributed by atoms with Crippen molar-refractivity contribution < 1.29 is 5.11 Å². The van der Waals surface area contributed by atoms with Gasteiger partial charge in [-0.1, -0.05) is 19.3 Å². The van der Waals surface area contributed by atoms with Crippen LogP contribution in [0.5, 0.6) is 0 Å².